The van der Waals surface area contributed by atoms with Gasteiger partial charge < -0.3 is 15.2 Å². The van der Waals surface area contributed by atoms with Crippen molar-refractivity contribution in [2.45, 2.75) is 12.6 Å². The molecule has 7 heteroatoms. The lowest BCUT2D eigenvalue weighted by Gasteiger charge is -2.18. The number of carbonyl (C=O) groups is 1. The van der Waals surface area contributed by atoms with Gasteiger partial charge in [0.05, 0.1) is 6.20 Å². The van der Waals surface area contributed by atoms with Crippen molar-refractivity contribution >= 4 is 5.91 Å². The third kappa shape index (κ3) is 4.20. The minimum Gasteiger partial charge on any atom is -0.396 e. The summed E-state index contributed by atoms with van der Waals surface area (Å²) < 4.78 is 18.4. The van der Waals surface area contributed by atoms with Crippen LogP contribution in [0, 0.1) is 11.7 Å². The Kier molecular flexibility index (Phi) is 5.60. The quantitative estimate of drug-likeness (QED) is 0.759. The third-order valence-electron chi connectivity index (χ3n) is 3.62. The molecule has 2 heterocycles. The zero-order valence-electron chi connectivity index (χ0n) is 12.0. The van der Waals surface area contributed by atoms with Crippen molar-refractivity contribution in [3.8, 4) is 0 Å². The molecule has 0 aliphatic carbocycles. The van der Waals surface area contributed by atoms with Gasteiger partial charge in [-0.2, -0.15) is 0 Å². The van der Waals surface area contributed by atoms with Gasteiger partial charge >= 0.3 is 0 Å². The minimum atomic E-state index is -0.343. The molecule has 1 aromatic rings. The fourth-order valence-electron chi connectivity index (χ4n) is 2.59. The smallest absolute Gasteiger partial charge is 0.246 e. The molecule has 1 aliphatic heterocycles. The van der Waals surface area contributed by atoms with Crippen LogP contribution >= 0.6 is 0 Å². The van der Waals surface area contributed by atoms with E-state index >= 15 is 0 Å². The molecule has 116 valence electrons. The van der Waals surface area contributed by atoms with Crippen molar-refractivity contribution in [3.05, 3.63) is 29.8 Å². The first kappa shape index (κ1) is 15.8. The van der Waals surface area contributed by atoms with Crippen LogP contribution < -0.4 is 5.32 Å². The Morgan fingerprint density at radius 2 is 2.43 bits per heavy atom. The second-order valence-corrected chi connectivity index (χ2v) is 5.21. The van der Waals surface area contributed by atoms with Gasteiger partial charge in [-0.25, -0.2) is 4.39 Å². The zero-order valence-corrected chi connectivity index (χ0v) is 12.0. The molecule has 2 N–H and O–H groups in total. The Morgan fingerprint density at radius 1 is 1.62 bits per heavy atom. The number of aromatic nitrogens is 1. The number of nitrogens with one attached hydrogen (secondary N) is 1. The van der Waals surface area contributed by atoms with Crippen LogP contribution in [0.2, 0.25) is 0 Å². The molecule has 1 amide bonds. The van der Waals surface area contributed by atoms with Crippen LogP contribution in [0.3, 0.4) is 0 Å². The summed E-state index contributed by atoms with van der Waals surface area (Å²) >= 11 is 0. The number of hydrogen-bond donors (Lipinski definition) is 2. The molecule has 0 bridgehead atoms. The molecular formula is C14H20FN3O3. The Hall–Kier alpha value is -1.57. The maximum absolute atomic E-state index is 13.6. The molecule has 0 radical (unpaired) electrons. The Bertz CT molecular complexity index is 486. The fourth-order valence-corrected chi connectivity index (χ4v) is 2.59. The van der Waals surface area contributed by atoms with Gasteiger partial charge in [0.2, 0.25) is 5.91 Å². The first-order valence-corrected chi connectivity index (χ1v) is 6.84. The number of methoxy groups -OCH3 is 1. The molecule has 0 spiro atoms. The molecule has 1 fully saturated rings. The standard InChI is InChI=1S/C14H20FN3O3/c1-21-9-14(20)17-13-7-18(6-11(13)8-19)5-10-2-3-16-4-12(10)15/h2-4,11,13,19H,5-9H2,1H3,(H,17,20)/t11-,13+/m0/s1. The van der Waals surface area contributed by atoms with Crippen LogP contribution in [0.1, 0.15) is 5.56 Å². The number of hydrogen-bond acceptors (Lipinski definition) is 5. The Morgan fingerprint density at radius 3 is 3.10 bits per heavy atom. The second-order valence-electron chi connectivity index (χ2n) is 5.21. The maximum Gasteiger partial charge on any atom is 0.246 e. The fraction of sp³-hybridized carbons (Fsp3) is 0.571. The second kappa shape index (κ2) is 7.44. The number of rotatable bonds is 6. The molecule has 0 aromatic carbocycles. The average Bonchev–Trinajstić information content (AvgIpc) is 2.83. The summed E-state index contributed by atoms with van der Waals surface area (Å²) in [5.74, 6) is -0.612. The maximum atomic E-state index is 13.6. The van der Waals surface area contributed by atoms with Crippen LogP contribution in [0.15, 0.2) is 18.5 Å². The number of aliphatic hydroxyl groups is 1. The first-order valence-electron chi connectivity index (χ1n) is 6.84. The van der Waals surface area contributed by atoms with Crippen molar-refractivity contribution in [1.82, 2.24) is 15.2 Å². The number of aliphatic hydroxyl groups excluding tert-OH is 1. The molecule has 2 rings (SSSR count). The number of likely N-dealkylation sites (tertiary alicyclic amines) is 1. The number of pyridine rings is 1. The van der Waals surface area contributed by atoms with Crippen LogP contribution in [-0.2, 0) is 16.1 Å². The lowest BCUT2D eigenvalue weighted by atomic mass is 10.1. The summed E-state index contributed by atoms with van der Waals surface area (Å²) in [6, 6.07) is 1.49. The molecule has 0 saturated carbocycles. The van der Waals surface area contributed by atoms with Crippen molar-refractivity contribution in [2.24, 2.45) is 5.92 Å². The van der Waals surface area contributed by atoms with Gasteiger partial charge in [0.25, 0.3) is 0 Å². The summed E-state index contributed by atoms with van der Waals surface area (Å²) in [6.45, 7) is 1.58. The third-order valence-corrected chi connectivity index (χ3v) is 3.62. The van der Waals surface area contributed by atoms with Gasteiger partial charge in [0, 0.05) is 57.1 Å². The number of halogens is 1. The van der Waals surface area contributed by atoms with Crippen molar-refractivity contribution in [3.63, 3.8) is 0 Å². The van der Waals surface area contributed by atoms with Crippen LogP contribution in [-0.4, -0.2) is 60.4 Å². The van der Waals surface area contributed by atoms with Crippen LogP contribution in [0.4, 0.5) is 4.39 Å². The summed E-state index contributed by atoms with van der Waals surface area (Å²) in [4.78, 5) is 17.3. The van der Waals surface area contributed by atoms with E-state index in [4.69, 9.17) is 4.74 Å². The van der Waals surface area contributed by atoms with Gasteiger partial charge in [-0.15, -0.1) is 0 Å². The molecule has 2 atom stereocenters. The van der Waals surface area contributed by atoms with E-state index in [1.165, 1.54) is 13.3 Å². The molecule has 6 nitrogen and oxygen atoms in total. The summed E-state index contributed by atoms with van der Waals surface area (Å²) in [6.07, 6.45) is 2.74. The summed E-state index contributed by atoms with van der Waals surface area (Å²) in [5.41, 5.74) is 0.561. The topological polar surface area (TPSA) is 74.7 Å². The van der Waals surface area contributed by atoms with Gasteiger partial charge in [0.15, 0.2) is 0 Å². The van der Waals surface area contributed by atoms with Gasteiger partial charge in [0.1, 0.15) is 12.4 Å². The molecule has 1 aliphatic rings. The normalized spacial score (nSPS) is 22.4. The molecule has 1 saturated heterocycles. The van der Waals surface area contributed by atoms with E-state index in [9.17, 15) is 14.3 Å². The van der Waals surface area contributed by atoms with E-state index in [2.05, 4.69) is 10.3 Å². The Labute approximate surface area is 122 Å². The lowest BCUT2D eigenvalue weighted by molar-refractivity contribution is -0.125. The highest BCUT2D eigenvalue weighted by Gasteiger charge is 2.33. The van der Waals surface area contributed by atoms with Crippen LogP contribution in [0.25, 0.3) is 0 Å². The van der Waals surface area contributed by atoms with Crippen molar-refractivity contribution in [1.29, 1.82) is 0 Å². The summed E-state index contributed by atoms with van der Waals surface area (Å²) in [7, 11) is 1.45. The number of carbonyl (C=O) groups excluding carboxylic acids is 1. The van der Waals surface area contributed by atoms with Gasteiger partial charge in [-0.1, -0.05) is 0 Å². The largest absolute Gasteiger partial charge is 0.396 e. The van der Waals surface area contributed by atoms with E-state index in [1.807, 2.05) is 4.90 Å². The summed E-state index contributed by atoms with van der Waals surface area (Å²) in [5, 5.41) is 12.3. The SMILES string of the molecule is COCC(=O)N[C@@H]1CN(Cc2ccncc2F)C[C@H]1CO. The highest BCUT2D eigenvalue weighted by molar-refractivity contribution is 5.77. The van der Waals surface area contributed by atoms with E-state index in [-0.39, 0.29) is 36.9 Å². The van der Waals surface area contributed by atoms with Gasteiger partial charge in [-0.05, 0) is 6.07 Å². The van der Waals surface area contributed by atoms with E-state index in [1.54, 1.807) is 12.3 Å². The predicted octanol–water partition coefficient (Wildman–Crippen LogP) is -0.224. The highest BCUT2D eigenvalue weighted by Crippen LogP contribution is 2.20. The van der Waals surface area contributed by atoms with Crippen molar-refractivity contribution < 1.29 is 19.0 Å². The van der Waals surface area contributed by atoms with E-state index < -0.39 is 0 Å². The highest BCUT2D eigenvalue weighted by atomic mass is 19.1. The first-order chi connectivity index (χ1) is 10.1. The zero-order chi connectivity index (χ0) is 15.2. The van der Waals surface area contributed by atoms with E-state index in [0.29, 0.717) is 25.2 Å². The lowest BCUT2D eigenvalue weighted by Crippen LogP contribution is -2.43. The molecule has 21 heavy (non-hydrogen) atoms. The number of amides is 1. The number of nitrogens with zero attached hydrogens (tertiary/aromatic N) is 2. The monoisotopic (exact) mass is 297 g/mol. The Balaban J connectivity index is 1.95. The predicted molar refractivity (Wildman–Crippen MR) is 73.9 cm³/mol. The van der Waals surface area contributed by atoms with Gasteiger partial charge in [-0.3, -0.25) is 14.7 Å². The molecule has 0 unspecified atom stereocenters. The van der Waals surface area contributed by atoms with Crippen molar-refractivity contribution in [2.75, 3.05) is 33.4 Å². The van der Waals surface area contributed by atoms with E-state index in [0.717, 1.165) is 0 Å². The molecule has 1 aromatic heterocycles. The van der Waals surface area contributed by atoms with Crippen LogP contribution in [0.5, 0.6) is 0 Å². The number of ether oxygens (including phenoxy) is 1. The average molecular weight is 297 g/mol. The molecular weight excluding hydrogens is 277 g/mol. The minimum absolute atomic E-state index is 0.00632.